The summed E-state index contributed by atoms with van der Waals surface area (Å²) in [5.74, 6) is 1.95. The largest absolute Gasteiger partial charge is 2.00 e. The topological polar surface area (TPSA) is 44.9 Å². The smallest absolute Gasteiger partial charge is 0.460 e. The van der Waals surface area contributed by atoms with Gasteiger partial charge in [-0.3, -0.25) is 0 Å². The summed E-state index contributed by atoms with van der Waals surface area (Å²) in [7, 11) is 0. The quantitative estimate of drug-likeness (QED) is 0.164. The average molecular weight is 772 g/mol. The van der Waals surface area contributed by atoms with Crippen LogP contribution in [0.1, 0.15) is 0 Å². The second-order valence-electron chi connectivity index (χ2n) is 10.9. The van der Waals surface area contributed by atoms with Gasteiger partial charge in [0.15, 0.2) is 0 Å². The van der Waals surface area contributed by atoms with Crippen LogP contribution < -0.4 is 4.74 Å². The van der Waals surface area contributed by atoms with Crippen molar-refractivity contribution in [2.75, 3.05) is 0 Å². The zero-order valence-electron chi connectivity index (χ0n) is 24.4. The second-order valence-corrected chi connectivity index (χ2v) is 10.9. The molecule has 0 fully saturated rings. The van der Waals surface area contributed by atoms with Crippen LogP contribution in [0.15, 0.2) is 146 Å². The minimum absolute atomic E-state index is 0. The van der Waals surface area contributed by atoms with Crippen LogP contribution in [0.25, 0.3) is 66.2 Å². The van der Waals surface area contributed by atoms with E-state index in [0.717, 1.165) is 55.5 Å². The zero-order valence-corrected chi connectivity index (χ0v) is 26.6. The molecule has 46 heavy (non-hydrogen) atoms. The van der Waals surface area contributed by atoms with E-state index in [-0.39, 0.29) is 21.1 Å². The molecule has 4 aromatic heterocycles. The minimum atomic E-state index is 0. The molecular formula is C40H24N4OPt. The fourth-order valence-corrected chi connectivity index (χ4v) is 6.34. The molecule has 9 aromatic rings. The summed E-state index contributed by atoms with van der Waals surface area (Å²) in [6.45, 7) is 0. The van der Waals surface area contributed by atoms with Gasteiger partial charge >= 0.3 is 21.1 Å². The number of hydrogen-bond acceptors (Lipinski definition) is 3. The van der Waals surface area contributed by atoms with Gasteiger partial charge in [0.2, 0.25) is 5.88 Å². The molecule has 0 atom stereocenters. The van der Waals surface area contributed by atoms with Crippen LogP contribution >= 0.6 is 0 Å². The van der Waals surface area contributed by atoms with Crippen molar-refractivity contribution in [3.8, 4) is 34.3 Å². The molecule has 5 aromatic carbocycles. The number of ether oxygens (including phenoxy) is 1. The minimum Gasteiger partial charge on any atom is -0.460 e. The van der Waals surface area contributed by atoms with Crippen molar-refractivity contribution in [2.24, 2.45) is 0 Å². The van der Waals surface area contributed by atoms with Crippen molar-refractivity contribution < 1.29 is 25.8 Å². The Bertz CT molecular complexity index is 2480. The predicted molar refractivity (Wildman–Crippen MR) is 180 cm³/mol. The summed E-state index contributed by atoms with van der Waals surface area (Å²) in [6.07, 6.45) is 3.61. The van der Waals surface area contributed by atoms with Crippen LogP contribution in [0, 0.1) is 12.1 Å². The molecule has 0 unspecified atom stereocenters. The molecule has 0 bridgehead atoms. The first-order valence-corrected chi connectivity index (χ1v) is 14.8. The SMILES string of the molecule is [Pt+2].[c-]1c(Oc2ccccn2)cccc1-c1[c-]c2c(cc1)c1ccccc1n2-c1cc(-n2c3ccccc3c3ccccc32)ccn1. The van der Waals surface area contributed by atoms with E-state index in [4.69, 9.17) is 9.72 Å². The number of fused-ring (bicyclic) bond motifs is 6. The number of benzene rings is 5. The maximum absolute atomic E-state index is 5.98. The van der Waals surface area contributed by atoms with Gasteiger partial charge in [0.25, 0.3) is 0 Å². The monoisotopic (exact) mass is 771 g/mol. The second kappa shape index (κ2) is 11.4. The van der Waals surface area contributed by atoms with E-state index in [1.165, 1.54) is 10.8 Å². The van der Waals surface area contributed by atoms with Crippen molar-refractivity contribution >= 4 is 43.6 Å². The van der Waals surface area contributed by atoms with E-state index in [1.54, 1.807) is 6.20 Å². The number of pyridine rings is 2. The van der Waals surface area contributed by atoms with Gasteiger partial charge in [-0.25, -0.2) is 21.1 Å². The fraction of sp³-hybridized carbons (Fsp3) is 0. The Balaban J connectivity index is 0.00000312. The zero-order chi connectivity index (χ0) is 29.7. The van der Waals surface area contributed by atoms with E-state index < -0.39 is 0 Å². The van der Waals surface area contributed by atoms with Crippen LogP contribution in [0.5, 0.6) is 11.6 Å². The number of aromatic nitrogens is 4. The molecule has 5 nitrogen and oxygen atoms in total. The van der Waals surface area contributed by atoms with Gasteiger partial charge in [0, 0.05) is 46.6 Å². The molecule has 0 radical (unpaired) electrons. The summed E-state index contributed by atoms with van der Waals surface area (Å²) in [5.41, 5.74) is 7.19. The van der Waals surface area contributed by atoms with Crippen molar-refractivity contribution in [1.82, 2.24) is 19.1 Å². The molecule has 0 saturated carbocycles. The number of para-hydroxylation sites is 3. The molecule has 9 rings (SSSR count). The first-order chi connectivity index (χ1) is 22.3. The van der Waals surface area contributed by atoms with E-state index in [9.17, 15) is 0 Å². The van der Waals surface area contributed by atoms with Crippen molar-refractivity contribution in [3.05, 3.63) is 158 Å². The Hall–Kier alpha value is -5.51. The molecule has 6 heteroatoms. The maximum Gasteiger partial charge on any atom is 2.00 e. The van der Waals surface area contributed by atoms with Gasteiger partial charge in [-0.2, -0.15) is 24.3 Å². The summed E-state index contributed by atoms with van der Waals surface area (Å²) >= 11 is 0. The molecule has 0 saturated heterocycles. The Morgan fingerprint density at radius 1 is 0.500 bits per heavy atom. The van der Waals surface area contributed by atoms with Crippen LogP contribution in [0.2, 0.25) is 0 Å². The van der Waals surface area contributed by atoms with Crippen LogP contribution in [-0.4, -0.2) is 19.1 Å². The van der Waals surface area contributed by atoms with Gasteiger partial charge in [0.05, 0.1) is 16.7 Å². The summed E-state index contributed by atoms with van der Waals surface area (Å²) in [5, 5.41) is 4.72. The molecule has 0 spiro atoms. The number of nitrogens with zero attached hydrogens (tertiary/aromatic N) is 4. The molecule has 0 N–H and O–H groups in total. The van der Waals surface area contributed by atoms with Crippen LogP contribution in [0.3, 0.4) is 0 Å². The van der Waals surface area contributed by atoms with Gasteiger partial charge in [-0.15, -0.1) is 18.2 Å². The van der Waals surface area contributed by atoms with E-state index in [1.807, 2.05) is 42.6 Å². The van der Waals surface area contributed by atoms with Crippen molar-refractivity contribution in [1.29, 1.82) is 0 Å². The van der Waals surface area contributed by atoms with Crippen LogP contribution in [-0.2, 0) is 21.1 Å². The maximum atomic E-state index is 5.98. The molecular weight excluding hydrogens is 748 g/mol. The molecule has 4 heterocycles. The Morgan fingerprint density at radius 2 is 1.15 bits per heavy atom. The third kappa shape index (κ3) is 4.60. The third-order valence-electron chi connectivity index (χ3n) is 8.29. The van der Waals surface area contributed by atoms with Crippen LogP contribution in [0.4, 0.5) is 0 Å². The van der Waals surface area contributed by atoms with E-state index in [0.29, 0.717) is 11.6 Å². The Kier molecular flexibility index (Phi) is 6.97. The Labute approximate surface area is 279 Å². The molecule has 0 aliphatic heterocycles. The predicted octanol–water partition coefficient (Wildman–Crippen LogP) is 9.73. The fourth-order valence-electron chi connectivity index (χ4n) is 6.34. The van der Waals surface area contributed by atoms with Gasteiger partial charge in [-0.05, 0) is 41.2 Å². The van der Waals surface area contributed by atoms with E-state index in [2.05, 4.69) is 123 Å². The average Bonchev–Trinajstić information content (AvgIpc) is 3.62. The van der Waals surface area contributed by atoms with Crippen molar-refractivity contribution in [2.45, 2.75) is 0 Å². The van der Waals surface area contributed by atoms with Gasteiger partial charge in [-0.1, -0.05) is 66.0 Å². The molecule has 220 valence electrons. The molecule has 0 aliphatic rings. The first kappa shape index (κ1) is 28.0. The third-order valence-corrected chi connectivity index (χ3v) is 8.29. The first-order valence-electron chi connectivity index (χ1n) is 14.8. The normalized spacial score (nSPS) is 11.3. The number of rotatable bonds is 5. The van der Waals surface area contributed by atoms with Gasteiger partial charge in [0.1, 0.15) is 5.82 Å². The number of hydrogen-bond donors (Lipinski definition) is 0. The van der Waals surface area contributed by atoms with Crippen molar-refractivity contribution in [3.63, 3.8) is 0 Å². The Morgan fingerprint density at radius 3 is 1.87 bits per heavy atom. The standard InChI is InChI=1S/C40H24N4O.Pt/c1-4-15-35-31(12-1)32-13-2-5-16-36(32)43(35)29-21-23-41-39(26-29)44-37-17-6-3-14-33(37)34-20-19-28(25-38(34)44)27-10-9-11-30(24-27)45-40-18-7-8-22-42-40;/h1-23,26H;/q-2;+2. The van der Waals surface area contributed by atoms with E-state index >= 15 is 0 Å². The summed E-state index contributed by atoms with van der Waals surface area (Å²) < 4.78 is 10.5. The summed E-state index contributed by atoms with van der Waals surface area (Å²) in [6, 6.07) is 52.7. The summed E-state index contributed by atoms with van der Waals surface area (Å²) in [4.78, 5) is 9.19. The molecule has 0 aliphatic carbocycles. The van der Waals surface area contributed by atoms with Gasteiger partial charge < -0.3 is 13.9 Å². The molecule has 0 amide bonds.